The van der Waals surface area contributed by atoms with Crippen LogP contribution in [0, 0.1) is 0 Å². The number of carbonyl (C=O) groups is 2. The van der Waals surface area contributed by atoms with Gasteiger partial charge in [-0.15, -0.1) is 0 Å². The number of fused-ring (bicyclic) bond motifs is 1. The molecular formula is C20H19F2N3O5. The molecule has 1 saturated heterocycles. The molecular weight excluding hydrogens is 400 g/mol. The summed E-state index contributed by atoms with van der Waals surface area (Å²) in [7, 11) is 0. The normalized spacial score (nSPS) is 17.8. The highest BCUT2D eigenvalue weighted by Gasteiger charge is 2.32. The molecule has 0 spiro atoms. The number of alkyl halides is 2. The Morgan fingerprint density at radius 3 is 2.57 bits per heavy atom. The van der Waals surface area contributed by atoms with Gasteiger partial charge in [-0.05, 0) is 36.4 Å². The molecule has 10 heteroatoms. The van der Waals surface area contributed by atoms with E-state index in [0.717, 1.165) is 0 Å². The summed E-state index contributed by atoms with van der Waals surface area (Å²) < 4.78 is 39.7. The van der Waals surface area contributed by atoms with Gasteiger partial charge in [0.25, 0.3) is 0 Å². The number of urea groups is 1. The largest absolute Gasteiger partial charge is 0.486 e. The van der Waals surface area contributed by atoms with Crippen LogP contribution in [0.5, 0.6) is 17.2 Å². The molecule has 30 heavy (non-hydrogen) atoms. The summed E-state index contributed by atoms with van der Waals surface area (Å²) in [5.74, 6) is 1.09. The van der Waals surface area contributed by atoms with Crippen LogP contribution in [0.15, 0.2) is 42.5 Å². The topological polar surface area (TPSA) is 89.1 Å². The molecule has 0 unspecified atom stereocenters. The number of halogens is 2. The smallest absolute Gasteiger partial charge is 0.387 e. The maximum atomic E-state index is 12.4. The standard InChI is InChI=1S/C20H19F2N3O5/c21-19(22)30-15-4-1-12(2-5-15)23-20(27)24-13-9-18(26)25(11-13)14-3-6-16-17(10-14)29-8-7-28-16/h1-6,10,13,19H,7-9,11H2,(H2,23,24,27)/t13-/m0/s1. The Hall–Kier alpha value is -3.56. The Balaban J connectivity index is 1.33. The lowest BCUT2D eigenvalue weighted by molar-refractivity contribution is -0.117. The van der Waals surface area contributed by atoms with Gasteiger partial charge in [-0.1, -0.05) is 0 Å². The average molecular weight is 419 g/mol. The summed E-state index contributed by atoms with van der Waals surface area (Å²) in [6, 6.07) is 9.93. The van der Waals surface area contributed by atoms with Gasteiger partial charge in [0, 0.05) is 30.4 Å². The molecule has 2 aliphatic rings. The number of ether oxygens (including phenoxy) is 3. The van der Waals surface area contributed by atoms with E-state index in [1.54, 1.807) is 23.1 Å². The Morgan fingerprint density at radius 1 is 1.10 bits per heavy atom. The molecule has 2 aromatic carbocycles. The SMILES string of the molecule is O=C(Nc1ccc(OC(F)F)cc1)N[C@H]1CC(=O)N(c2ccc3c(c2)OCCO3)C1. The Morgan fingerprint density at radius 2 is 1.83 bits per heavy atom. The molecule has 2 N–H and O–H groups in total. The molecule has 1 fully saturated rings. The maximum Gasteiger partial charge on any atom is 0.387 e. The minimum Gasteiger partial charge on any atom is -0.486 e. The van der Waals surface area contributed by atoms with Gasteiger partial charge < -0.3 is 29.7 Å². The summed E-state index contributed by atoms with van der Waals surface area (Å²) in [5, 5.41) is 5.35. The van der Waals surface area contributed by atoms with Crippen LogP contribution in [0.25, 0.3) is 0 Å². The first-order chi connectivity index (χ1) is 14.5. The minimum atomic E-state index is -2.91. The molecule has 158 valence electrons. The number of rotatable bonds is 5. The molecule has 0 radical (unpaired) electrons. The summed E-state index contributed by atoms with van der Waals surface area (Å²) >= 11 is 0. The number of carbonyl (C=O) groups excluding carboxylic acids is 2. The van der Waals surface area contributed by atoms with Gasteiger partial charge in [-0.25, -0.2) is 4.79 Å². The minimum absolute atomic E-state index is 0.00702. The van der Waals surface area contributed by atoms with Crippen molar-refractivity contribution in [3.05, 3.63) is 42.5 Å². The van der Waals surface area contributed by atoms with Crippen LogP contribution in [0.3, 0.4) is 0 Å². The second kappa shape index (κ2) is 8.44. The second-order valence-corrected chi connectivity index (χ2v) is 6.73. The number of amides is 3. The van der Waals surface area contributed by atoms with Crippen LogP contribution in [0.4, 0.5) is 25.0 Å². The number of benzene rings is 2. The van der Waals surface area contributed by atoms with Gasteiger partial charge in [0.2, 0.25) is 5.91 Å². The van der Waals surface area contributed by atoms with Gasteiger partial charge in [0.15, 0.2) is 11.5 Å². The van der Waals surface area contributed by atoms with E-state index >= 15 is 0 Å². The van der Waals surface area contributed by atoms with Crippen LogP contribution >= 0.6 is 0 Å². The van der Waals surface area contributed by atoms with Crippen molar-refractivity contribution >= 4 is 23.3 Å². The molecule has 0 aliphatic carbocycles. The van der Waals surface area contributed by atoms with Crippen LogP contribution in [-0.4, -0.2) is 44.4 Å². The van der Waals surface area contributed by atoms with Crippen molar-refractivity contribution in [2.45, 2.75) is 19.1 Å². The van der Waals surface area contributed by atoms with Gasteiger partial charge in [-0.2, -0.15) is 8.78 Å². The maximum absolute atomic E-state index is 12.4. The predicted molar refractivity (Wildman–Crippen MR) is 103 cm³/mol. The summed E-state index contributed by atoms with van der Waals surface area (Å²) in [6.45, 7) is -1.67. The van der Waals surface area contributed by atoms with Crippen LogP contribution < -0.4 is 29.7 Å². The van der Waals surface area contributed by atoms with E-state index in [-0.39, 0.29) is 24.1 Å². The fraction of sp³-hybridized carbons (Fsp3) is 0.300. The first-order valence-corrected chi connectivity index (χ1v) is 9.30. The Labute approximate surface area is 170 Å². The third-order valence-electron chi connectivity index (χ3n) is 4.64. The van der Waals surface area contributed by atoms with Gasteiger partial charge in [-0.3, -0.25) is 4.79 Å². The number of hydrogen-bond donors (Lipinski definition) is 2. The van der Waals surface area contributed by atoms with Crippen molar-refractivity contribution in [2.24, 2.45) is 0 Å². The highest BCUT2D eigenvalue weighted by molar-refractivity contribution is 5.98. The molecule has 4 rings (SSSR count). The Kier molecular flexibility index (Phi) is 5.55. The van der Waals surface area contributed by atoms with Crippen molar-refractivity contribution in [1.29, 1.82) is 0 Å². The molecule has 8 nitrogen and oxygen atoms in total. The van der Waals surface area contributed by atoms with Crippen LogP contribution in [-0.2, 0) is 4.79 Å². The average Bonchev–Trinajstić information content (AvgIpc) is 3.08. The van der Waals surface area contributed by atoms with E-state index in [9.17, 15) is 18.4 Å². The van der Waals surface area contributed by atoms with Crippen molar-refractivity contribution < 1.29 is 32.6 Å². The molecule has 2 aromatic rings. The zero-order valence-electron chi connectivity index (χ0n) is 15.8. The molecule has 1 atom stereocenters. The summed E-state index contributed by atoms with van der Waals surface area (Å²) in [4.78, 5) is 26.2. The van der Waals surface area contributed by atoms with E-state index in [4.69, 9.17) is 9.47 Å². The fourth-order valence-electron chi connectivity index (χ4n) is 3.33. The van der Waals surface area contributed by atoms with Crippen LogP contribution in [0.2, 0.25) is 0 Å². The van der Waals surface area contributed by atoms with Gasteiger partial charge in [0.05, 0.1) is 6.04 Å². The highest BCUT2D eigenvalue weighted by atomic mass is 19.3. The molecule has 2 heterocycles. The first kappa shape index (κ1) is 19.7. The van der Waals surface area contributed by atoms with Crippen molar-refractivity contribution in [2.75, 3.05) is 30.0 Å². The number of anilines is 2. The number of hydrogen-bond acceptors (Lipinski definition) is 5. The highest BCUT2D eigenvalue weighted by Crippen LogP contribution is 2.35. The molecule has 3 amide bonds. The number of nitrogens with zero attached hydrogens (tertiary/aromatic N) is 1. The first-order valence-electron chi connectivity index (χ1n) is 9.30. The van der Waals surface area contributed by atoms with Crippen molar-refractivity contribution in [3.63, 3.8) is 0 Å². The fourth-order valence-corrected chi connectivity index (χ4v) is 3.33. The van der Waals surface area contributed by atoms with E-state index in [2.05, 4.69) is 15.4 Å². The van der Waals surface area contributed by atoms with Crippen molar-refractivity contribution in [1.82, 2.24) is 5.32 Å². The number of nitrogens with one attached hydrogen (secondary N) is 2. The lowest BCUT2D eigenvalue weighted by Gasteiger charge is -2.22. The molecule has 0 saturated carbocycles. The second-order valence-electron chi connectivity index (χ2n) is 6.73. The third kappa shape index (κ3) is 4.53. The summed E-state index contributed by atoms with van der Waals surface area (Å²) in [6.07, 6.45) is 0.156. The quantitative estimate of drug-likeness (QED) is 0.778. The van der Waals surface area contributed by atoms with Crippen LogP contribution in [0.1, 0.15) is 6.42 Å². The molecule has 0 bridgehead atoms. The molecule has 0 aromatic heterocycles. The summed E-state index contributed by atoms with van der Waals surface area (Å²) in [5.41, 5.74) is 1.07. The van der Waals surface area contributed by atoms with E-state index in [0.29, 0.717) is 42.6 Å². The zero-order valence-corrected chi connectivity index (χ0v) is 15.8. The monoisotopic (exact) mass is 419 g/mol. The molecule has 2 aliphatic heterocycles. The van der Waals surface area contributed by atoms with E-state index in [1.807, 2.05) is 0 Å². The van der Waals surface area contributed by atoms with Gasteiger partial charge in [0.1, 0.15) is 19.0 Å². The third-order valence-corrected chi connectivity index (χ3v) is 4.64. The van der Waals surface area contributed by atoms with Crippen molar-refractivity contribution in [3.8, 4) is 17.2 Å². The van der Waals surface area contributed by atoms with Gasteiger partial charge >= 0.3 is 12.6 Å². The van der Waals surface area contributed by atoms with E-state index in [1.165, 1.54) is 24.3 Å². The lowest BCUT2D eigenvalue weighted by Crippen LogP contribution is -2.39. The zero-order chi connectivity index (χ0) is 21.1. The lowest BCUT2D eigenvalue weighted by atomic mass is 10.2. The van der Waals surface area contributed by atoms with E-state index < -0.39 is 12.6 Å². The predicted octanol–water partition coefficient (Wildman–Crippen LogP) is 2.99. The Bertz CT molecular complexity index is 939.